The maximum atomic E-state index is 11.9. The summed E-state index contributed by atoms with van der Waals surface area (Å²) >= 11 is 0. The van der Waals surface area contributed by atoms with Crippen LogP contribution in [0, 0.1) is 0 Å². The maximum absolute atomic E-state index is 11.9. The molecule has 0 aliphatic heterocycles. The zero-order chi connectivity index (χ0) is 15.0. The molecule has 1 aromatic carbocycles. The zero-order valence-corrected chi connectivity index (χ0v) is 13.1. The fraction of sp³-hybridized carbons (Fsp3) is 0.500. The van der Waals surface area contributed by atoms with Gasteiger partial charge in [-0.2, -0.15) is 0 Å². The second-order valence-electron chi connectivity index (χ2n) is 6.02. The molecule has 1 aromatic rings. The fourth-order valence-electron chi connectivity index (χ4n) is 1.80. The van der Waals surface area contributed by atoms with Gasteiger partial charge in [0.1, 0.15) is 5.60 Å². The molecule has 0 atom stereocenters. The molecule has 2 heteroatoms. The molecule has 0 N–H and O–H groups in total. The highest BCUT2D eigenvalue weighted by Gasteiger charge is 2.17. The quantitative estimate of drug-likeness (QED) is 0.524. The van der Waals surface area contributed by atoms with Gasteiger partial charge in [-0.25, -0.2) is 4.79 Å². The molecule has 0 saturated carbocycles. The number of ether oxygens (including phenoxy) is 1. The van der Waals surface area contributed by atoms with E-state index >= 15 is 0 Å². The Hall–Kier alpha value is -1.57. The van der Waals surface area contributed by atoms with E-state index < -0.39 is 5.60 Å². The smallest absolute Gasteiger partial charge is 0.338 e. The lowest BCUT2D eigenvalue weighted by Gasteiger charge is -2.19. The fourth-order valence-corrected chi connectivity index (χ4v) is 1.80. The van der Waals surface area contributed by atoms with Crippen molar-refractivity contribution in [1.82, 2.24) is 0 Å². The highest BCUT2D eigenvalue weighted by molar-refractivity contribution is 5.89. The number of carbonyl (C=O) groups is 1. The molecule has 1 rings (SSSR count). The highest BCUT2D eigenvalue weighted by Crippen LogP contribution is 2.13. The Balaban J connectivity index is 2.54. The van der Waals surface area contributed by atoms with E-state index in [1.54, 1.807) is 0 Å². The molecule has 0 heterocycles. The summed E-state index contributed by atoms with van der Waals surface area (Å²) in [4.78, 5) is 11.9. The van der Waals surface area contributed by atoms with Crippen LogP contribution in [0.15, 0.2) is 30.3 Å². The van der Waals surface area contributed by atoms with E-state index in [-0.39, 0.29) is 5.97 Å². The van der Waals surface area contributed by atoms with Gasteiger partial charge in [-0.15, -0.1) is 0 Å². The topological polar surface area (TPSA) is 26.3 Å². The van der Waals surface area contributed by atoms with E-state index in [1.165, 1.54) is 19.3 Å². The lowest BCUT2D eigenvalue weighted by molar-refractivity contribution is 0.00695. The lowest BCUT2D eigenvalue weighted by atomic mass is 10.1. The van der Waals surface area contributed by atoms with E-state index in [2.05, 4.69) is 19.1 Å². The van der Waals surface area contributed by atoms with Gasteiger partial charge >= 0.3 is 5.97 Å². The number of allylic oxidation sites excluding steroid dienone is 1. The summed E-state index contributed by atoms with van der Waals surface area (Å²) in [6.07, 6.45) is 9.18. The monoisotopic (exact) mass is 274 g/mol. The molecule has 2 nitrogen and oxygen atoms in total. The van der Waals surface area contributed by atoms with Crippen LogP contribution in [-0.4, -0.2) is 11.6 Å². The molecule has 20 heavy (non-hydrogen) atoms. The lowest BCUT2D eigenvalue weighted by Crippen LogP contribution is -2.23. The van der Waals surface area contributed by atoms with Crippen molar-refractivity contribution in [2.45, 2.75) is 59.0 Å². The van der Waals surface area contributed by atoms with Crippen molar-refractivity contribution < 1.29 is 9.53 Å². The van der Waals surface area contributed by atoms with Crippen LogP contribution in [0.1, 0.15) is 69.3 Å². The summed E-state index contributed by atoms with van der Waals surface area (Å²) in [5.41, 5.74) is 1.27. The van der Waals surface area contributed by atoms with Crippen LogP contribution in [0.3, 0.4) is 0 Å². The summed E-state index contributed by atoms with van der Waals surface area (Å²) in [5.74, 6) is -0.268. The van der Waals surface area contributed by atoms with Crippen molar-refractivity contribution in [2.75, 3.05) is 0 Å². The molecule has 0 amide bonds. The largest absolute Gasteiger partial charge is 0.456 e. The van der Waals surface area contributed by atoms with Crippen molar-refractivity contribution in [3.63, 3.8) is 0 Å². The minimum absolute atomic E-state index is 0.268. The minimum atomic E-state index is -0.449. The third kappa shape index (κ3) is 6.55. The number of rotatable bonds is 6. The summed E-state index contributed by atoms with van der Waals surface area (Å²) in [7, 11) is 0. The molecule has 0 aliphatic carbocycles. The Labute approximate surface area is 122 Å². The zero-order valence-electron chi connectivity index (χ0n) is 13.1. The Morgan fingerprint density at radius 2 is 1.80 bits per heavy atom. The average Bonchev–Trinajstić information content (AvgIpc) is 2.37. The predicted molar refractivity (Wildman–Crippen MR) is 84.8 cm³/mol. The third-order valence-electron chi connectivity index (χ3n) is 2.83. The van der Waals surface area contributed by atoms with Crippen molar-refractivity contribution in [2.24, 2.45) is 0 Å². The Morgan fingerprint density at radius 3 is 2.35 bits per heavy atom. The SMILES string of the molecule is CCCCC/C=C\c1ccc(C(=O)OC(C)(C)C)cc1. The van der Waals surface area contributed by atoms with Crippen LogP contribution >= 0.6 is 0 Å². The second kappa shape index (κ2) is 7.88. The number of esters is 1. The molecule has 0 unspecified atom stereocenters. The molecule has 0 spiro atoms. The standard InChI is InChI=1S/C18H26O2/c1-5-6-7-8-9-10-15-11-13-16(14-12-15)17(19)20-18(2,3)4/h9-14H,5-8H2,1-4H3/b10-9-. The van der Waals surface area contributed by atoms with E-state index in [9.17, 15) is 4.79 Å². The number of unbranched alkanes of at least 4 members (excludes halogenated alkanes) is 3. The van der Waals surface area contributed by atoms with Crippen molar-refractivity contribution in [3.8, 4) is 0 Å². The van der Waals surface area contributed by atoms with Gasteiger partial charge in [0, 0.05) is 0 Å². The van der Waals surface area contributed by atoms with Crippen molar-refractivity contribution in [3.05, 3.63) is 41.5 Å². The first-order chi connectivity index (χ1) is 9.42. The van der Waals surface area contributed by atoms with Crippen molar-refractivity contribution >= 4 is 12.0 Å². The number of benzene rings is 1. The van der Waals surface area contributed by atoms with Gasteiger partial charge in [0.05, 0.1) is 5.56 Å². The van der Waals surface area contributed by atoms with Crippen LogP contribution in [0.25, 0.3) is 6.08 Å². The summed E-state index contributed by atoms with van der Waals surface area (Å²) < 4.78 is 5.33. The van der Waals surface area contributed by atoms with E-state index in [1.807, 2.05) is 45.0 Å². The van der Waals surface area contributed by atoms with Crippen molar-refractivity contribution in [1.29, 1.82) is 0 Å². The van der Waals surface area contributed by atoms with Gasteiger partial charge in [-0.3, -0.25) is 0 Å². The molecule has 110 valence electrons. The first kappa shape index (κ1) is 16.5. The second-order valence-corrected chi connectivity index (χ2v) is 6.02. The number of carbonyl (C=O) groups excluding carboxylic acids is 1. The Bertz CT molecular complexity index is 435. The van der Waals surface area contributed by atoms with Crippen LogP contribution < -0.4 is 0 Å². The summed E-state index contributed by atoms with van der Waals surface area (Å²) in [5, 5.41) is 0. The maximum Gasteiger partial charge on any atom is 0.338 e. The molecule has 0 bridgehead atoms. The predicted octanol–water partition coefficient (Wildman–Crippen LogP) is 5.24. The number of hydrogen-bond acceptors (Lipinski definition) is 2. The summed E-state index contributed by atoms with van der Waals surface area (Å²) in [6, 6.07) is 7.55. The van der Waals surface area contributed by atoms with Gasteiger partial charge in [-0.1, -0.05) is 44.1 Å². The van der Waals surface area contributed by atoms with Crippen LogP contribution in [0.5, 0.6) is 0 Å². The van der Waals surface area contributed by atoms with Gasteiger partial charge in [0.2, 0.25) is 0 Å². The molecular weight excluding hydrogens is 248 g/mol. The Kier molecular flexibility index (Phi) is 6.50. The van der Waals surface area contributed by atoms with Gasteiger partial charge in [-0.05, 0) is 51.3 Å². The molecule has 0 aliphatic rings. The molecule has 0 saturated heterocycles. The summed E-state index contributed by atoms with van der Waals surface area (Å²) in [6.45, 7) is 7.83. The minimum Gasteiger partial charge on any atom is -0.456 e. The van der Waals surface area contributed by atoms with Crippen LogP contribution in [-0.2, 0) is 4.74 Å². The first-order valence-corrected chi connectivity index (χ1v) is 7.42. The van der Waals surface area contributed by atoms with Gasteiger partial charge < -0.3 is 4.74 Å². The van der Waals surface area contributed by atoms with E-state index in [0.29, 0.717) is 5.56 Å². The van der Waals surface area contributed by atoms with Gasteiger partial charge in [0.25, 0.3) is 0 Å². The van der Waals surface area contributed by atoms with E-state index in [0.717, 1.165) is 12.0 Å². The molecule has 0 radical (unpaired) electrons. The van der Waals surface area contributed by atoms with E-state index in [4.69, 9.17) is 4.74 Å². The van der Waals surface area contributed by atoms with Gasteiger partial charge in [0.15, 0.2) is 0 Å². The normalized spacial score (nSPS) is 11.8. The highest BCUT2D eigenvalue weighted by atomic mass is 16.6. The third-order valence-corrected chi connectivity index (χ3v) is 2.83. The van der Waals surface area contributed by atoms with Crippen LogP contribution in [0.4, 0.5) is 0 Å². The Morgan fingerprint density at radius 1 is 1.15 bits per heavy atom. The first-order valence-electron chi connectivity index (χ1n) is 7.42. The average molecular weight is 274 g/mol. The van der Waals surface area contributed by atoms with Crippen LogP contribution in [0.2, 0.25) is 0 Å². The molecule has 0 aromatic heterocycles. The molecular formula is C18H26O2. The number of hydrogen-bond donors (Lipinski definition) is 0. The molecule has 0 fully saturated rings.